The SMILES string of the molecule is O=c1[nH]c2ccccc2c(=O)n1CCCOCCO. The number of nitrogens with one attached hydrogen (secondary N) is 1. The van der Waals surface area contributed by atoms with Crippen LogP contribution < -0.4 is 11.2 Å². The monoisotopic (exact) mass is 264 g/mol. The van der Waals surface area contributed by atoms with Gasteiger partial charge in [-0.15, -0.1) is 0 Å². The highest BCUT2D eigenvalue weighted by molar-refractivity contribution is 5.76. The number of aliphatic hydroxyl groups excluding tert-OH is 1. The Bertz CT molecular complexity index is 659. The number of H-pyrrole nitrogens is 1. The number of aromatic amines is 1. The van der Waals surface area contributed by atoms with Crippen LogP contribution in [0.1, 0.15) is 6.42 Å². The van der Waals surface area contributed by atoms with E-state index in [4.69, 9.17) is 9.84 Å². The molecular weight excluding hydrogens is 248 g/mol. The van der Waals surface area contributed by atoms with Gasteiger partial charge in [0.1, 0.15) is 0 Å². The van der Waals surface area contributed by atoms with Gasteiger partial charge in [-0.2, -0.15) is 0 Å². The van der Waals surface area contributed by atoms with Crippen LogP contribution in [0.15, 0.2) is 33.9 Å². The molecule has 0 aliphatic carbocycles. The Kier molecular flexibility index (Phi) is 4.48. The fourth-order valence-corrected chi connectivity index (χ4v) is 1.89. The van der Waals surface area contributed by atoms with Gasteiger partial charge in [-0.25, -0.2) is 4.79 Å². The average molecular weight is 264 g/mol. The van der Waals surface area contributed by atoms with E-state index in [0.717, 1.165) is 0 Å². The van der Waals surface area contributed by atoms with E-state index in [9.17, 15) is 9.59 Å². The minimum absolute atomic E-state index is 0.0312. The maximum absolute atomic E-state index is 12.1. The lowest BCUT2D eigenvalue weighted by Gasteiger charge is -2.06. The van der Waals surface area contributed by atoms with Crippen molar-refractivity contribution in [2.45, 2.75) is 13.0 Å². The first-order valence-corrected chi connectivity index (χ1v) is 6.14. The molecule has 1 aromatic carbocycles. The number of para-hydroxylation sites is 1. The maximum atomic E-state index is 12.1. The number of aromatic nitrogens is 2. The van der Waals surface area contributed by atoms with Crippen molar-refractivity contribution in [2.24, 2.45) is 0 Å². The third-order valence-electron chi connectivity index (χ3n) is 2.80. The van der Waals surface area contributed by atoms with Crippen molar-refractivity contribution in [1.82, 2.24) is 9.55 Å². The van der Waals surface area contributed by atoms with E-state index in [1.54, 1.807) is 24.3 Å². The number of fused-ring (bicyclic) bond motifs is 1. The number of ether oxygens (including phenoxy) is 1. The molecule has 102 valence electrons. The van der Waals surface area contributed by atoms with Crippen molar-refractivity contribution >= 4 is 10.9 Å². The normalized spacial score (nSPS) is 11.0. The van der Waals surface area contributed by atoms with Crippen LogP contribution in [-0.2, 0) is 11.3 Å². The van der Waals surface area contributed by atoms with Gasteiger partial charge in [0.2, 0.25) is 0 Å². The molecule has 2 aromatic rings. The Hall–Kier alpha value is -1.92. The Morgan fingerprint density at radius 2 is 2.00 bits per heavy atom. The number of rotatable bonds is 6. The van der Waals surface area contributed by atoms with Crippen molar-refractivity contribution in [3.05, 3.63) is 45.1 Å². The second-order valence-corrected chi connectivity index (χ2v) is 4.12. The number of hydrogen-bond acceptors (Lipinski definition) is 4. The molecule has 0 unspecified atom stereocenters. The third-order valence-corrected chi connectivity index (χ3v) is 2.80. The quantitative estimate of drug-likeness (QED) is 0.724. The van der Waals surface area contributed by atoms with E-state index in [2.05, 4.69) is 4.98 Å². The summed E-state index contributed by atoms with van der Waals surface area (Å²) < 4.78 is 6.27. The highest BCUT2D eigenvalue weighted by atomic mass is 16.5. The summed E-state index contributed by atoms with van der Waals surface area (Å²) >= 11 is 0. The molecule has 0 bridgehead atoms. The van der Waals surface area contributed by atoms with Crippen molar-refractivity contribution in [2.75, 3.05) is 19.8 Å². The van der Waals surface area contributed by atoms with Crippen molar-refractivity contribution in [3.8, 4) is 0 Å². The second-order valence-electron chi connectivity index (χ2n) is 4.12. The first-order valence-electron chi connectivity index (χ1n) is 6.14. The number of hydrogen-bond donors (Lipinski definition) is 2. The van der Waals surface area contributed by atoms with Gasteiger partial charge in [0.25, 0.3) is 5.56 Å². The van der Waals surface area contributed by atoms with Crippen LogP contribution >= 0.6 is 0 Å². The van der Waals surface area contributed by atoms with Crippen molar-refractivity contribution in [3.63, 3.8) is 0 Å². The first-order chi connectivity index (χ1) is 9.24. The van der Waals surface area contributed by atoms with Gasteiger partial charge in [0.05, 0.1) is 24.1 Å². The highest BCUT2D eigenvalue weighted by Crippen LogP contribution is 2.02. The zero-order chi connectivity index (χ0) is 13.7. The molecule has 6 nitrogen and oxygen atoms in total. The summed E-state index contributed by atoms with van der Waals surface area (Å²) in [6.07, 6.45) is 0.543. The van der Waals surface area contributed by atoms with Gasteiger partial charge in [-0.3, -0.25) is 9.36 Å². The lowest BCUT2D eigenvalue weighted by Crippen LogP contribution is -2.35. The highest BCUT2D eigenvalue weighted by Gasteiger charge is 2.06. The summed E-state index contributed by atoms with van der Waals surface area (Å²) in [6.45, 7) is 0.934. The molecule has 1 heterocycles. The van der Waals surface area contributed by atoms with E-state index >= 15 is 0 Å². The average Bonchev–Trinajstić information content (AvgIpc) is 2.42. The van der Waals surface area contributed by atoms with Gasteiger partial charge in [-0.05, 0) is 18.6 Å². The van der Waals surface area contributed by atoms with Gasteiger partial charge in [0.15, 0.2) is 0 Å². The predicted octanol–water partition coefficient (Wildman–Crippen LogP) is 0.0888. The predicted molar refractivity (Wildman–Crippen MR) is 71.4 cm³/mol. The molecule has 0 spiro atoms. The van der Waals surface area contributed by atoms with Crippen molar-refractivity contribution < 1.29 is 9.84 Å². The van der Waals surface area contributed by atoms with E-state index in [-0.39, 0.29) is 18.8 Å². The van der Waals surface area contributed by atoms with Crippen LogP contribution in [0.5, 0.6) is 0 Å². The van der Waals surface area contributed by atoms with Crippen molar-refractivity contribution in [1.29, 1.82) is 0 Å². The molecule has 2 N–H and O–H groups in total. The molecule has 0 atom stereocenters. The smallest absolute Gasteiger partial charge is 0.328 e. The topological polar surface area (TPSA) is 84.3 Å². The fourth-order valence-electron chi connectivity index (χ4n) is 1.89. The lowest BCUT2D eigenvalue weighted by atomic mass is 10.2. The molecule has 0 aliphatic rings. The molecule has 6 heteroatoms. The zero-order valence-electron chi connectivity index (χ0n) is 10.5. The lowest BCUT2D eigenvalue weighted by molar-refractivity contribution is 0.0885. The van der Waals surface area contributed by atoms with Crippen LogP contribution in [0.3, 0.4) is 0 Å². The Balaban J connectivity index is 2.19. The molecule has 2 rings (SSSR count). The van der Waals surface area contributed by atoms with Crippen LogP contribution in [0.25, 0.3) is 10.9 Å². The summed E-state index contributed by atoms with van der Waals surface area (Å²) in [5.41, 5.74) is -0.155. The summed E-state index contributed by atoms with van der Waals surface area (Å²) in [7, 11) is 0. The van der Waals surface area contributed by atoms with Gasteiger partial charge < -0.3 is 14.8 Å². The van der Waals surface area contributed by atoms with Crippen LogP contribution in [0.2, 0.25) is 0 Å². The number of aliphatic hydroxyl groups is 1. The standard InChI is InChI=1S/C13H16N2O4/c16-7-9-19-8-3-6-15-12(17)10-4-1-2-5-11(10)14-13(15)18/h1-2,4-5,16H,3,6-9H2,(H,14,18). The molecular formula is C13H16N2O4. The number of nitrogens with zero attached hydrogens (tertiary/aromatic N) is 1. The summed E-state index contributed by atoms with van der Waals surface area (Å²) in [5, 5.41) is 9.05. The molecule has 0 amide bonds. The number of benzene rings is 1. The minimum atomic E-state index is -0.411. The van der Waals surface area contributed by atoms with Crippen LogP contribution in [0.4, 0.5) is 0 Å². The molecule has 0 radical (unpaired) electrons. The van der Waals surface area contributed by atoms with Crippen LogP contribution in [0, 0.1) is 0 Å². The Labute approximate surface area is 109 Å². The molecule has 0 aliphatic heterocycles. The minimum Gasteiger partial charge on any atom is -0.394 e. The molecule has 0 fully saturated rings. The maximum Gasteiger partial charge on any atom is 0.328 e. The first kappa shape index (κ1) is 13.5. The van der Waals surface area contributed by atoms with Crippen LogP contribution in [-0.4, -0.2) is 34.5 Å². The van der Waals surface area contributed by atoms with E-state index in [0.29, 0.717) is 30.5 Å². The van der Waals surface area contributed by atoms with E-state index in [1.165, 1.54) is 4.57 Å². The molecule has 0 saturated carbocycles. The largest absolute Gasteiger partial charge is 0.394 e. The molecule has 0 saturated heterocycles. The molecule has 19 heavy (non-hydrogen) atoms. The summed E-state index contributed by atoms with van der Waals surface area (Å²) in [4.78, 5) is 26.6. The third kappa shape index (κ3) is 3.10. The summed E-state index contributed by atoms with van der Waals surface area (Å²) in [5.74, 6) is 0. The summed E-state index contributed by atoms with van der Waals surface area (Å²) in [6, 6.07) is 6.92. The van der Waals surface area contributed by atoms with Gasteiger partial charge >= 0.3 is 5.69 Å². The van der Waals surface area contributed by atoms with E-state index in [1.807, 2.05) is 0 Å². The second kappa shape index (κ2) is 6.31. The van der Waals surface area contributed by atoms with Gasteiger partial charge in [0, 0.05) is 13.2 Å². The van der Waals surface area contributed by atoms with E-state index < -0.39 is 5.69 Å². The fraction of sp³-hybridized carbons (Fsp3) is 0.385. The molecule has 1 aromatic heterocycles. The van der Waals surface area contributed by atoms with Gasteiger partial charge in [-0.1, -0.05) is 12.1 Å². The zero-order valence-corrected chi connectivity index (χ0v) is 10.5. The Morgan fingerprint density at radius 3 is 2.79 bits per heavy atom. The Morgan fingerprint density at radius 1 is 1.21 bits per heavy atom.